The van der Waals surface area contributed by atoms with Crippen LogP contribution in [-0.4, -0.2) is 34.1 Å². The normalized spacial score (nSPS) is 23.9. The van der Waals surface area contributed by atoms with Crippen molar-refractivity contribution in [3.63, 3.8) is 0 Å². The Labute approximate surface area is 128 Å². The maximum absolute atomic E-state index is 12.3. The van der Waals surface area contributed by atoms with Crippen LogP contribution in [-0.2, 0) is 20.9 Å². The predicted octanol–water partition coefficient (Wildman–Crippen LogP) is 2.91. The molecule has 0 spiro atoms. The van der Waals surface area contributed by atoms with Crippen molar-refractivity contribution in [1.82, 2.24) is 4.90 Å². The summed E-state index contributed by atoms with van der Waals surface area (Å²) in [6.45, 7) is 5.24. The molecule has 2 atom stereocenters. The van der Waals surface area contributed by atoms with Gasteiger partial charge in [-0.25, -0.2) is 4.79 Å². The van der Waals surface area contributed by atoms with E-state index in [1.807, 2.05) is 30.3 Å². The van der Waals surface area contributed by atoms with Crippen LogP contribution >= 0.6 is 11.6 Å². The zero-order valence-corrected chi connectivity index (χ0v) is 13.0. The van der Waals surface area contributed by atoms with Crippen molar-refractivity contribution >= 4 is 22.9 Å². The van der Waals surface area contributed by atoms with E-state index >= 15 is 0 Å². The minimum atomic E-state index is -0.942. The van der Waals surface area contributed by atoms with Crippen molar-refractivity contribution in [2.45, 2.75) is 45.2 Å². The average Bonchev–Trinajstić information content (AvgIpc) is 2.66. The molecule has 21 heavy (non-hydrogen) atoms. The summed E-state index contributed by atoms with van der Waals surface area (Å²) in [7, 11) is 0. The second-order valence-corrected chi connectivity index (χ2v) is 5.80. The van der Waals surface area contributed by atoms with E-state index in [0.29, 0.717) is 0 Å². The highest BCUT2D eigenvalue weighted by atomic mass is 35.5. The van der Waals surface area contributed by atoms with Crippen LogP contribution in [0.1, 0.15) is 26.3 Å². The molecule has 1 fully saturated rings. The highest BCUT2D eigenvalue weighted by molar-refractivity contribution is 6.65. The number of carbonyl (C=O) groups is 2. The molecule has 1 aliphatic rings. The van der Waals surface area contributed by atoms with Gasteiger partial charge >= 0.3 is 6.09 Å². The fraction of sp³-hybridized carbons (Fsp3) is 0.467. The van der Waals surface area contributed by atoms with Gasteiger partial charge in [0.25, 0.3) is 0 Å². The summed E-state index contributed by atoms with van der Waals surface area (Å²) in [6, 6.07) is 8.47. The van der Waals surface area contributed by atoms with E-state index in [1.165, 1.54) is 4.90 Å². The molecule has 6 heteroatoms. The summed E-state index contributed by atoms with van der Waals surface area (Å²) in [6.07, 6.45) is -1.10. The van der Waals surface area contributed by atoms with Gasteiger partial charge in [-0.15, -0.1) is 0 Å². The molecule has 5 nitrogen and oxygen atoms in total. The van der Waals surface area contributed by atoms with Crippen LogP contribution in [0.5, 0.6) is 0 Å². The number of hydrogen-bond donors (Lipinski definition) is 0. The molecule has 1 amide bonds. The van der Waals surface area contributed by atoms with E-state index in [1.54, 1.807) is 20.8 Å². The molecule has 0 radical (unpaired) electrons. The van der Waals surface area contributed by atoms with E-state index in [0.717, 1.165) is 5.56 Å². The van der Waals surface area contributed by atoms with Crippen LogP contribution < -0.4 is 0 Å². The second-order valence-electron chi connectivity index (χ2n) is 5.43. The SMILES string of the molecule is C[C@H]1OC(C)(C)N(C(=O)OCc2ccccc2)[C@@H]1C(=O)Cl. The number of benzene rings is 1. The molecular weight excluding hydrogens is 294 g/mol. The molecule has 0 aromatic heterocycles. The summed E-state index contributed by atoms with van der Waals surface area (Å²) in [5, 5.41) is -0.635. The van der Waals surface area contributed by atoms with Crippen LogP contribution in [0.4, 0.5) is 4.79 Å². The van der Waals surface area contributed by atoms with Gasteiger partial charge in [0.1, 0.15) is 18.4 Å². The molecule has 1 aromatic rings. The lowest BCUT2D eigenvalue weighted by atomic mass is 10.2. The van der Waals surface area contributed by atoms with Crippen LogP contribution in [0.3, 0.4) is 0 Å². The van der Waals surface area contributed by atoms with Gasteiger partial charge in [0.05, 0.1) is 6.10 Å². The van der Waals surface area contributed by atoms with Crippen molar-refractivity contribution in [2.75, 3.05) is 0 Å². The Hall–Kier alpha value is -1.59. The van der Waals surface area contributed by atoms with Gasteiger partial charge in [-0.1, -0.05) is 30.3 Å². The molecule has 0 unspecified atom stereocenters. The molecule has 0 bridgehead atoms. The minimum Gasteiger partial charge on any atom is -0.444 e. The van der Waals surface area contributed by atoms with Crippen molar-refractivity contribution in [3.8, 4) is 0 Å². The summed E-state index contributed by atoms with van der Waals surface area (Å²) < 4.78 is 10.9. The van der Waals surface area contributed by atoms with Crippen molar-refractivity contribution in [2.24, 2.45) is 0 Å². The van der Waals surface area contributed by atoms with Crippen LogP contribution in [0.25, 0.3) is 0 Å². The first-order valence-electron chi connectivity index (χ1n) is 6.70. The fourth-order valence-corrected chi connectivity index (χ4v) is 2.80. The third kappa shape index (κ3) is 3.36. The Morgan fingerprint density at radius 2 is 1.95 bits per heavy atom. The minimum absolute atomic E-state index is 0.129. The number of amides is 1. The van der Waals surface area contributed by atoms with E-state index < -0.39 is 29.2 Å². The van der Waals surface area contributed by atoms with Gasteiger partial charge in [-0.2, -0.15) is 0 Å². The smallest absolute Gasteiger partial charge is 0.413 e. The number of halogens is 1. The monoisotopic (exact) mass is 311 g/mol. The topological polar surface area (TPSA) is 55.8 Å². The van der Waals surface area contributed by atoms with Crippen molar-refractivity contribution < 1.29 is 19.1 Å². The standard InChI is InChI=1S/C15H18ClNO4/c1-10-12(13(16)18)17(15(2,3)21-10)14(19)20-9-11-7-5-4-6-8-11/h4-8,10,12H,9H2,1-3H3/t10-,12+/m1/s1. The fourth-order valence-electron chi connectivity index (χ4n) is 2.53. The van der Waals surface area contributed by atoms with E-state index in [2.05, 4.69) is 0 Å². The summed E-state index contributed by atoms with van der Waals surface area (Å²) in [5.74, 6) is 0. The number of carbonyl (C=O) groups excluding carboxylic acids is 2. The van der Waals surface area contributed by atoms with E-state index in [4.69, 9.17) is 21.1 Å². The summed E-state index contributed by atoms with van der Waals surface area (Å²) in [4.78, 5) is 25.1. The molecule has 114 valence electrons. The molecule has 0 saturated carbocycles. The van der Waals surface area contributed by atoms with E-state index in [9.17, 15) is 9.59 Å². The Kier molecular flexibility index (Phi) is 4.54. The van der Waals surface area contributed by atoms with Gasteiger partial charge < -0.3 is 9.47 Å². The van der Waals surface area contributed by atoms with Crippen LogP contribution in [0.2, 0.25) is 0 Å². The molecular formula is C15H18ClNO4. The Balaban J connectivity index is 2.10. The number of nitrogens with zero attached hydrogens (tertiary/aromatic N) is 1. The third-order valence-corrected chi connectivity index (χ3v) is 3.64. The van der Waals surface area contributed by atoms with Gasteiger partial charge in [0, 0.05) is 0 Å². The first kappa shape index (κ1) is 15.8. The van der Waals surface area contributed by atoms with E-state index in [-0.39, 0.29) is 6.61 Å². The number of rotatable bonds is 3. The highest BCUT2D eigenvalue weighted by Gasteiger charge is 2.51. The zero-order valence-electron chi connectivity index (χ0n) is 12.2. The largest absolute Gasteiger partial charge is 0.444 e. The van der Waals surface area contributed by atoms with Crippen molar-refractivity contribution in [3.05, 3.63) is 35.9 Å². The van der Waals surface area contributed by atoms with Gasteiger partial charge in [-0.3, -0.25) is 9.69 Å². The Morgan fingerprint density at radius 1 is 1.33 bits per heavy atom. The second kappa shape index (κ2) is 6.03. The van der Waals surface area contributed by atoms with Gasteiger partial charge in [-0.05, 0) is 37.9 Å². The molecule has 1 aliphatic heterocycles. The highest BCUT2D eigenvalue weighted by Crippen LogP contribution is 2.33. The van der Waals surface area contributed by atoms with Gasteiger partial charge in [0.2, 0.25) is 5.24 Å². The lowest BCUT2D eigenvalue weighted by molar-refractivity contribution is -0.116. The quantitative estimate of drug-likeness (QED) is 0.805. The maximum Gasteiger partial charge on any atom is 0.413 e. The number of hydrogen-bond acceptors (Lipinski definition) is 4. The summed E-state index contributed by atoms with van der Waals surface area (Å²) in [5.41, 5.74) is -0.0758. The first-order chi connectivity index (χ1) is 9.83. The molecule has 2 rings (SSSR count). The zero-order chi connectivity index (χ0) is 15.6. The van der Waals surface area contributed by atoms with Crippen molar-refractivity contribution in [1.29, 1.82) is 0 Å². The lowest BCUT2D eigenvalue weighted by Gasteiger charge is -2.31. The first-order valence-corrected chi connectivity index (χ1v) is 7.08. The molecule has 1 aromatic carbocycles. The van der Waals surface area contributed by atoms with Crippen LogP contribution in [0.15, 0.2) is 30.3 Å². The van der Waals surface area contributed by atoms with Crippen LogP contribution in [0, 0.1) is 0 Å². The lowest BCUT2D eigenvalue weighted by Crippen LogP contribution is -2.50. The average molecular weight is 312 g/mol. The number of ether oxygens (including phenoxy) is 2. The Morgan fingerprint density at radius 3 is 2.52 bits per heavy atom. The molecule has 0 aliphatic carbocycles. The molecule has 1 heterocycles. The van der Waals surface area contributed by atoms with Gasteiger partial charge in [0.15, 0.2) is 0 Å². The third-order valence-electron chi connectivity index (χ3n) is 3.41. The maximum atomic E-state index is 12.3. The summed E-state index contributed by atoms with van der Waals surface area (Å²) >= 11 is 5.59. The molecule has 0 N–H and O–H groups in total. The molecule has 1 saturated heterocycles. The Bertz CT molecular complexity index is 532. The predicted molar refractivity (Wildman–Crippen MR) is 77.7 cm³/mol.